The minimum Gasteiger partial charge on any atom is -0.179 e. The fourth-order valence-corrected chi connectivity index (χ4v) is 2.85. The third-order valence-corrected chi connectivity index (χ3v) is 3.76. The lowest BCUT2D eigenvalue weighted by atomic mass is 9.99. The van der Waals surface area contributed by atoms with Gasteiger partial charge in [-0.05, 0) is 52.5 Å². The zero-order chi connectivity index (χ0) is 11.7. The largest absolute Gasteiger partial charge is 0.179 e. The van der Waals surface area contributed by atoms with Gasteiger partial charge in [0, 0.05) is 0 Å². The summed E-state index contributed by atoms with van der Waals surface area (Å²) in [4.78, 5) is 0. The van der Waals surface area contributed by atoms with Crippen LogP contribution in [0.3, 0.4) is 0 Å². The maximum Gasteiger partial charge on any atom is -0.00632 e. The molecule has 0 spiro atoms. The molecule has 0 atom stereocenters. The van der Waals surface area contributed by atoms with E-state index in [0.717, 1.165) is 12.2 Å². The van der Waals surface area contributed by atoms with E-state index in [1.54, 1.807) is 0 Å². The smallest absolute Gasteiger partial charge is 0.00632 e. The van der Waals surface area contributed by atoms with Gasteiger partial charge in [0.2, 0.25) is 0 Å². The Morgan fingerprint density at radius 2 is 1.88 bits per heavy atom. The van der Waals surface area contributed by atoms with Crippen molar-refractivity contribution in [2.24, 2.45) is 0 Å². The van der Waals surface area contributed by atoms with E-state index in [2.05, 4.69) is 55.1 Å². The van der Waals surface area contributed by atoms with Crippen LogP contribution in [0, 0.1) is 0 Å². The van der Waals surface area contributed by atoms with Gasteiger partial charge in [-0.1, -0.05) is 42.5 Å². The summed E-state index contributed by atoms with van der Waals surface area (Å²) in [6.07, 6.45) is 7.89. The van der Waals surface area contributed by atoms with Crippen molar-refractivity contribution in [3.63, 3.8) is 0 Å². The van der Waals surface area contributed by atoms with E-state index in [-0.39, 0.29) is 0 Å². The van der Waals surface area contributed by atoms with Crippen LogP contribution in [-0.4, -0.2) is 5.75 Å². The van der Waals surface area contributed by atoms with Gasteiger partial charge in [0.05, 0.1) is 0 Å². The van der Waals surface area contributed by atoms with Gasteiger partial charge in [-0.25, -0.2) is 0 Å². The van der Waals surface area contributed by atoms with Gasteiger partial charge < -0.3 is 0 Å². The first kappa shape index (κ1) is 10.9. The first-order valence-electron chi connectivity index (χ1n) is 6.21. The van der Waals surface area contributed by atoms with Crippen molar-refractivity contribution in [2.75, 3.05) is 5.75 Å². The molecule has 0 aromatic heterocycles. The number of rotatable bonds is 3. The molecule has 0 unspecified atom stereocenters. The highest BCUT2D eigenvalue weighted by Crippen LogP contribution is 2.33. The Bertz CT molecular complexity index is 571. The zero-order valence-corrected chi connectivity index (χ0v) is 10.7. The molecule has 0 aliphatic heterocycles. The molecule has 0 saturated heterocycles. The summed E-state index contributed by atoms with van der Waals surface area (Å²) < 4.78 is 0. The number of hydrogen-bond donors (Lipinski definition) is 1. The summed E-state index contributed by atoms with van der Waals surface area (Å²) in [6.45, 7) is 0. The van der Waals surface area contributed by atoms with Crippen LogP contribution in [0.1, 0.15) is 23.1 Å². The molecule has 1 aliphatic rings. The molecule has 86 valence electrons. The average Bonchev–Trinajstić information content (AvgIpc) is 2.78. The Morgan fingerprint density at radius 3 is 2.71 bits per heavy atom. The van der Waals surface area contributed by atoms with Gasteiger partial charge >= 0.3 is 0 Å². The number of hydrogen-bond acceptors (Lipinski definition) is 1. The van der Waals surface area contributed by atoms with E-state index in [4.69, 9.17) is 0 Å². The molecule has 0 heterocycles. The Balaban J connectivity index is 2.15. The zero-order valence-electron chi connectivity index (χ0n) is 9.82. The molecule has 0 N–H and O–H groups in total. The number of allylic oxidation sites excluding steroid dienone is 1. The third kappa shape index (κ3) is 1.89. The number of thiol groups is 1. The van der Waals surface area contributed by atoms with Crippen LogP contribution in [0.2, 0.25) is 0 Å². The molecule has 0 radical (unpaired) electrons. The van der Waals surface area contributed by atoms with Crippen molar-refractivity contribution >= 4 is 29.5 Å². The second-order valence-corrected chi connectivity index (χ2v) is 5.02. The van der Waals surface area contributed by atoms with E-state index in [9.17, 15) is 0 Å². The summed E-state index contributed by atoms with van der Waals surface area (Å²) in [5, 5.41) is 2.91. The maximum atomic E-state index is 4.23. The maximum absolute atomic E-state index is 4.23. The van der Waals surface area contributed by atoms with Gasteiger partial charge in [-0.2, -0.15) is 12.6 Å². The van der Waals surface area contributed by atoms with Gasteiger partial charge in [0.15, 0.2) is 0 Å². The summed E-state index contributed by atoms with van der Waals surface area (Å²) in [5.74, 6) is 0.914. The molecular formula is C16H16S. The Morgan fingerprint density at radius 1 is 1.06 bits per heavy atom. The summed E-state index contributed by atoms with van der Waals surface area (Å²) >= 11 is 4.23. The van der Waals surface area contributed by atoms with Crippen LogP contribution < -0.4 is 0 Å². The predicted molar refractivity (Wildman–Crippen MR) is 78.9 cm³/mol. The van der Waals surface area contributed by atoms with E-state index in [1.165, 1.54) is 40.3 Å². The van der Waals surface area contributed by atoms with Crippen LogP contribution in [0.25, 0.3) is 16.8 Å². The topological polar surface area (TPSA) is 0 Å². The van der Waals surface area contributed by atoms with Gasteiger partial charge in [0.1, 0.15) is 0 Å². The van der Waals surface area contributed by atoms with Gasteiger partial charge in [0.25, 0.3) is 0 Å². The summed E-state index contributed by atoms with van der Waals surface area (Å²) in [7, 11) is 0. The van der Waals surface area contributed by atoms with Crippen LogP contribution >= 0.6 is 12.6 Å². The SMILES string of the molecule is SCCC=Cc1ccc2c3c(cccc13)CC2. The lowest BCUT2D eigenvalue weighted by Gasteiger charge is -2.05. The molecule has 3 rings (SSSR count). The molecule has 0 fully saturated rings. The van der Waals surface area contributed by atoms with Crippen LogP contribution in [0.15, 0.2) is 36.4 Å². The van der Waals surface area contributed by atoms with Crippen molar-refractivity contribution in [3.05, 3.63) is 53.1 Å². The molecule has 0 nitrogen and oxygen atoms in total. The molecule has 1 aliphatic carbocycles. The highest BCUT2D eigenvalue weighted by molar-refractivity contribution is 7.80. The second-order valence-electron chi connectivity index (χ2n) is 4.57. The third-order valence-electron chi connectivity index (χ3n) is 3.50. The molecule has 1 heteroatoms. The Hall–Kier alpha value is -1.21. The van der Waals surface area contributed by atoms with E-state index in [1.807, 2.05) is 0 Å². The Labute approximate surface area is 108 Å². The van der Waals surface area contributed by atoms with Crippen molar-refractivity contribution in [1.82, 2.24) is 0 Å². The monoisotopic (exact) mass is 240 g/mol. The van der Waals surface area contributed by atoms with Crippen LogP contribution in [0.5, 0.6) is 0 Å². The van der Waals surface area contributed by atoms with E-state index >= 15 is 0 Å². The second kappa shape index (κ2) is 4.58. The first-order chi connectivity index (χ1) is 8.40. The minimum atomic E-state index is 0.914. The fourth-order valence-electron chi connectivity index (χ4n) is 2.70. The molecule has 2 aromatic rings. The lowest BCUT2D eigenvalue weighted by Crippen LogP contribution is -1.82. The van der Waals surface area contributed by atoms with Crippen LogP contribution in [0.4, 0.5) is 0 Å². The van der Waals surface area contributed by atoms with Crippen LogP contribution in [-0.2, 0) is 12.8 Å². The first-order valence-corrected chi connectivity index (χ1v) is 6.84. The van der Waals surface area contributed by atoms with Gasteiger partial charge in [-0.3, -0.25) is 0 Å². The molecule has 0 bridgehead atoms. The highest BCUT2D eigenvalue weighted by Gasteiger charge is 2.14. The number of aryl methyl sites for hydroxylation is 2. The normalized spacial score (nSPS) is 13.9. The summed E-state index contributed by atoms with van der Waals surface area (Å²) in [6, 6.07) is 11.2. The minimum absolute atomic E-state index is 0.914. The highest BCUT2D eigenvalue weighted by atomic mass is 32.1. The van der Waals surface area contributed by atoms with E-state index < -0.39 is 0 Å². The average molecular weight is 240 g/mol. The molecule has 0 saturated carbocycles. The molecule has 17 heavy (non-hydrogen) atoms. The Kier molecular flexibility index (Phi) is 2.94. The van der Waals surface area contributed by atoms with E-state index in [0.29, 0.717) is 0 Å². The van der Waals surface area contributed by atoms with Crippen molar-refractivity contribution < 1.29 is 0 Å². The lowest BCUT2D eigenvalue weighted by molar-refractivity contribution is 1.02. The molecule has 2 aromatic carbocycles. The molecular weight excluding hydrogens is 224 g/mol. The number of benzene rings is 2. The quantitative estimate of drug-likeness (QED) is 0.761. The van der Waals surface area contributed by atoms with Crippen molar-refractivity contribution in [3.8, 4) is 0 Å². The van der Waals surface area contributed by atoms with Crippen molar-refractivity contribution in [2.45, 2.75) is 19.3 Å². The van der Waals surface area contributed by atoms with Crippen molar-refractivity contribution in [1.29, 1.82) is 0 Å². The van der Waals surface area contributed by atoms with Gasteiger partial charge in [-0.15, -0.1) is 0 Å². The standard InChI is InChI=1S/C16H16S/c17-11-2-1-4-12-7-8-14-10-9-13-5-3-6-15(12)16(13)14/h1,3-8,17H,2,9-11H2. The summed E-state index contributed by atoms with van der Waals surface area (Å²) in [5.41, 5.74) is 4.37. The fraction of sp³-hybridized carbons (Fsp3) is 0.250. The predicted octanol–water partition coefficient (Wildman–Crippen LogP) is 4.27. The molecule has 0 amide bonds.